The molecule has 21 heavy (non-hydrogen) atoms. The molecule has 0 saturated carbocycles. The minimum absolute atomic E-state index is 0.179. The Balaban J connectivity index is 2.50. The zero-order valence-corrected chi connectivity index (χ0v) is 10.6. The van der Waals surface area contributed by atoms with Gasteiger partial charge in [-0.25, -0.2) is 4.68 Å². The molecule has 1 aromatic carbocycles. The monoisotopic (exact) mass is 299 g/mol. The molecule has 0 bridgehead atoms. The van der Waals surface area contributed by atoms with Crippen molar-refractivity contribution >= 4 is 11.5 Å². The second-order valence-electron chi connectivity index (χ2n) is 4.17. The zero-order valence-electron chi connectivity index (χ0n) is 10.6. The molecule has 0 aliphatic rings. The SMILES string of the molecule is CC(=O)c1ccc(-n2cc([N+](=O)[O-])c(C(F)(F)F)n2)cc1. The molecule has 2 rings (SSSR count). The Morgan fingerprint density at radius 3 is 2.24 bits per heavy atom. The van der Waals surface area contributed by atoms with Crippen LogP contribution in [0.15, 0.2) is 30.5 Å². The summed E-state index contributed by atoms with van der Waals surface area (Å²) in [5.41, 5.74) is -2.14. The Hall–Kier alpha value is -2.71. The number of alkyl halides is 3. The Bertz CT molecular complexity index is 705. The lowest BCUT2D eigenvalue weighted by atomic mass is 10.1. The van der Waals surface area contributed by atoms with Crippen molar-refractivity contribution in [2.75, 3.05) is 0 Å². The summed E-state index contributed by atoms with van der Waals surface area (Å²) in [5.74, 6) is -0.205. The fraction of sp³-hybridized carbons (Fsp3) is 0.167. The third-order valence-electron chi connectivity index (χ3n) is 2.70. The number of carbonyl (C=O) groups is 1. The number of rotatable bonds is 3. The second kappa shape index (κ2) is 5.00. The average molecular weight is 299 g/mol. The maximum absolute atomic E-state index is 12.7. The van der Waals surface area contributed by atoms with Crippen molar-refractivity contribution < 1.29 is 22.9 Å². The largest absolute Gasteiger partial charge is 0.442 e. The van der Waals surface area contributed by atoms with E-state index < -0.39 is 22.5 Å². The molecular formula is C12H8F3N3O3. The molecule has 1 aromatic heterocycles. The molecule has 0 atom stereocenters. The van der Waals surface area contributed by atoms with Crippen molar-refractivity contribution in [2.24, 2.45) is 0 Å². The lowest BCUT2D eigenvalue weighted by Crippen LogP contribution is -2.09. The van der Waals surface area contributed by atoms with Gasteiger partial charge in [0.05, 0.1) is 10.6 Å². The molecule has 1 heterocycles. The first-order chi connectivity index (χ1) is 9.70. The first-order valence-corrected chi connectivity index (χ1v) is 5.63. The van der Waals surface area contributed by atoms with E-state index in [9.17, 15) is 28.1 Å². The van der Waals surface area contributed by atoms with E-state index in [0.29, 0.717) is 11.8 Å². The van der Waals surface area contributed by atoms with Crippen LogP contribution in [0.2, 0.25) is 0 Å². The fourth-order valence-corrected chi connectivity index (χ4v) is 1.68. The molecule has 6 nitrogen and oxygen atoms in total. The van der Waals surface area contributed by atoms with E-state index >= 15 is 0 Å². The van der Waals surface area contributed by atoms with E-state index in [1.54, 1.807) is 0 Å². The maximum Gasteiger partial charge on any atom is 0.442 e. The molecular weight excluding hydrogens is 291 g/mol. The van der Waals surface area contributed by atoms with Crippen LogP contribution < -0.4 is 0 Å². The maximum atomic E-state index is 12.7. The van der Waals surface area contributed by atoms with E-state index in [-0.39, 0.29) is 11.5 Å². The van der Waals surface area contributed by atoms with Gasteiger partial charge in [0.25, 0.3) is 0 Å². The smallest absolute Gasteiger partial charge is 0.295 e. The van der Waals surface area contributed by atoms with Crippen LogP contribution in [0, 0.1) is 10.1 Å². The molecule has 0 radical (unpaired) electrons. The highest BCUT2D eigenvalue weighted by molar-refractivity contribution is 5.94. The lowest BCUT2D eigenvalue weighted by molar-refractivity contribution is -0.388. The standard InChI is InChI=1S/C12H8F3N3O3/c1-7(19)8-2-4-9(5-3-8)17-6-10(18(20)21)11(16-17)12(13,14)15/h2-6H,1H3. The third-order valence-corrected chi connectivity index (χ3v) is 2.70. The van der Waals surface area contributed by atoms with Crippen molar-refractivity contribution in [3.05, 3.63) is 51.8 Å². The predicted molar refractivity (Wildman–Crippen MR) is 65.2 cm³/mol. The first kappa shape index (κ1) is 14.7. The number of ketones is 1. The molecule has 0 aliphatic heterocycles. The Morgan fingerprint density at radius 2 is 1.86 bits per heavy atom. The number of nitro groups is 1. The molecule has 0 unspecified atom stereocenters. The molecule has 0 aliphatic carbocycles. The minimum Gasteiger partial charge on any atom is -0.295 e. The summed E-state index contributed by atoms with van der Waals surface area (Å²) < 4.78 is 38.8. The van der Waals surface area contributed by atoms with Crippen LogP contribution >= 0.6 is 0 Å². The number of carbonyl (C=O) groups excluding carboxylic acids is 1. The van der Waals surface area contributed by atoms with Gasteiger partial charge in [0.2, 0.25) is 5.69 Å². The van der Waals surface area contributed by atoms with Gasteiger partial charge in [0, 0.05) is 5.56 Å². The summed E-state index contributed by atoms with van der Waals surface area (Å²) in [6, 6.07) is 5.51. The van der Waals surface area contributed by atoms with Gasteiger partial charge in [0.1, 0.15) is 6.20 Å². The van der Waals surface area contributed by atoms with Gasteiger partial charge >= 0.3 is 11.9 Å². The van der Waals surface area contributed by atoms with Crippen molar-refractivity contribution in [1.29, 1.82) is 0 Å². The van der Waals surface area contributed by atoms with Crippen molar-refractivity contribution in [2.45, 2.75) is 13.1 Å². The number of hydrogen-bond donors (Lipinski definition) is 0. The number of halogens is 3. The summed E-state index contributed by atoms with van der Waals surface area (Å²) >= 11 is 0. The second-order valence-corrected chi connectivity index (χ2v) is 4.17. The Morgan fingerprint density at radius 1 is 1.29 bits per heavy atom. The van der Waals surface area contributed by atoms with E-state index in [1.165, 1.54) is 31.2 Å². The highest BCUT2D eigenvalue weighted by atomic mass is 19.4. The van der Waals surface area contributed by atoms with Crippen molar-refractivity contribution in [3.63, 3.8) is 0 Å². The number of hydrogen-bond acceptors (Lipinski definition) is 4. The van der Waals surface area contributed by atoms with Crippen LogP contribution in [0.1, 0.15) is 23.0 Å². The minimum atomic E-state index is -4.92. The van der Waals surface area contributed by atoms with Crippen LogP contribution in [0.5, 0.6) is 0 Å². The van der Waals surface area contributed by atoms with E-state index in [2.05, 4.69) is 5.10 Å². The number of nitrogens with zero attached hydrogens (tertiary/aromatic N) is 3. The molecule has 0 N–H and O–H groups in total. The Labute approximate surface area is 116 Å². The molecule has 110 valence electrons. The van der Waals surface area contributed by atoms with Crippen LogP contribution in [0.4, 0.5) is 18.9 Å². The van der Waals surface area contributed by atoms with Crippen LogP contribution in [-0.4, -0.2) is 20.5 Å². The van der Waals surface area contributed by atoms with Gasteiger partial charge in [-0.2, -0.15) is 18.3 Å². The quantitative estimate of drug-likeness (QED) is 0.496. The molecule has 9 heteroatoms. The normalized spacial score (nSPS) is 11.4. The van der Waals surface area contributed by atoms with Gasteiger partial charge < -0.3 is 0 Å². The highest BCUT2D eigenvalue weighted by Crippen LogP contribution is 2.35. The number of benzene rings is 1. The number of aromatic nitrogens is 2. The van der Waals surface area contributed by atoms with Gasteiger partial charge in [0.15, 0.2) is 5.78 Å². The lowest BCUT2D eigenvalue weighted by Gasteiger charge is -2.02. The summed E-state index contributed by atoms with van der Waals surface area (Å²) in [6.45, 7) is 1.34. The molecule has 0 spiro atoms. The molecule has 0 amide bonds. The van der Waals surface area contributed by atoms with E-state index in [4.69, 9.17) is 0 Å². The average Bonchev–Trinajstić information content (AvgIpc) is 2.84. The third kappa shape index (κ3) is 2.91. The number of Topliss-reactive ketones (excluding diaryl/α,β-unsaturated/α-hetero) is 1. The van der Waals surface area contributed by atoms with Crippen LogP contribution in [-0.2, 0) is 6.18 Å². The fourth-order valence-electron chi connectivity index (χ4n) is 1.68. The molecule has 0 saturated heterocycles. The van der Waals surface area contributed by atoms with E-state index in [1.807, 2.05) is 0 Å². The summed E-state index contributed by atoms with van der Waals surface area (Å²) in [7, 11) is 0. The van der Waals surface area contributed by atoms with Gasteiger partial charge in [-0.1, -0.05) is 0 Å². The predicted octanol–water partition coefficient (Wildman–Crippen LogP) is 3.00. The van der Waals surface area contributed by atoms with E-state index in [0.717, 1.165) is 4.68 Å². The summed E-state index contributed by atoms with van der Waals surface area (Å²) in [6.07, 6.45) is -4.24. The van der Waals surface area contributed by atoms with Gasteiger partial charge in [-0.15, -0.1) is 0 Å². The van der Waals surface area contributed by atoms with Crippen LogP contribution in [0.3, 0.4) is 0 Å². The summed E-state index contributed by atoms with van der Waals surface area (Å²) in [5, 5.41) is 13.9. The van der Waals surface area contributed by atoms with Crippen molar-refractivity contribution in [1.82, 2.24) is 9.78 Å². The Kier molecular flexibility index (Phi) is 3.50. The topological polar surface area (TPSA) is 78.0 Å². The highest BCUT2D eigenvalue weighted by Gasteiger charge is 2.42. The first-order valence-electron chi connectivity index (χ1n) is 5.63. The van der Waals surface area contributed by atoms with Crippen LogP contribution in [0.25, 0.3) is 5.69 Å². The van der Waals surface area contributed by atoms with Gasteiger partial charge in [-0.3, -0.25) is 14.9 Å². The van der Waals surface area contributed by atoms with Crippen molar-refractivity contribution in [3.8, 4) is 5.69 Å². The summed E-state index contributed by atoms with van der Waals surface area (Å²) in [4.78, 5) is 20.6. The zero-order chi connectivity index (χ0) is 15.8. The molecule has 2 aromatic rings. The molecule has 0 fully saturated rings. The van der Waals surface area contributed by atoms with Gasteiger partial charge in [-0.05, 0) is 31.2 Å².